The third-order valence-corrected chi connectivity index (χ3v) is 6.76. The van der Waals surface area contributed by atoms with E-state index in [1.807, 2.05) is 16.7 Å². The zero-order valence-electron chi connectivity index (χ0n) is 15.5. The molecule has 3 rings (SSSR count). The molecule has 2 saturated heterocycles. The molecule has 1 atom stereocenters. The summed E-state index contributed by atoms with van der Waals surface area (Å²) in [7, 11) is 0. The first-order chi connectivity index (χ1) is 12.1. The molecule has 1 aromatic rings. The predicted octanol–water partition coefficient (Wildman–Crippen LogP) is 3.60. The quantitative estimate of drug-likeness (QED) is 0.870. The Bertz CT molecular complexity index is 555. The SMILES string of the molecule is CCN1CC[C@@H](CNC(=O)N2CCC(Sc3ccc(C)cc3)CC2)C1. The molecule has 2 amide bonds. The van der Waals surface area contributed by atoms with Gasteiger partial charge in [0.25, 0.3) is 0 Å². The van der Waals surface area contributed by atoms with Gasteiger partial charge < -0.3 is 15.1 Å². The van der Waals surface area contributed by atoms with Crippen LogP contribution in [0.25, 0.3) is 0 Å². The van der Waals surface area contributed by atoms with E-state index in [0.29, 0.717) is 11.2 Å². The molecular formula is C20H31N3OS. The van der Waals surface area contributed by atoms with Crippen LogP contribution >= 0.6 is 11.8 Å². The Morgan fingerprint density at radius 3 is 2.52 bits per heavy atom. The lowest BCUT2D eigenvalue weighted by molar-refractivity contribution is 0.186. The average molecular weight is 362 g/mol. The summed E-state index contributed by atoms with van der Waals surface area (Å²) < 4.78 is 0. The summed E-state index contributed by atoms with van der Waals surface area (Å²) in [5.74, 6) is 0.624. The minimum Gasteiger partial charge on any atom is -0.338 e. The third kappa shape index (κ3) is 5.38. The molecule has 2 heterocycles. The minimum absolute atomic E-state index is 0.133. The van der Waals surface area contributed by atoms with Crippen molar-refractivity contribution in [3.63, 3.8) is 0 Å². The van der Waals surface area contributed by atoms with E-state index in [1.54, 1.807) is 0 Å². The molecule has 5 heteroatoms. The predicted molar refractivity (Wildman–Crippen MR) is 105 cm³/mol. The van der Waals surface area contributed by atoms with Crippen LogP contribution in [-0.4, -0.2) is 60.3 Å². The van der Waals surface area contributed by atoms with Crippen LogP contribution in [0.2, 0.25) is 0 Å². The molecule has 4 nitrogen and oxygen atoms in total. The van der Waals surface area contributed by atoms with E-state index in [4.69, 9.17) is 0 Å². The van der Waals surface area contributed by atoms with Crippen molar-refractivity contribution in [2.75, 3.05) is 39.3 Å². The number of rotatable bonds is 5. The van der Waals surface area contributed by atoms with Gasteiger partial charge in [0.2, 0.25) is 0 Å². The zero-order chi connectivity index (χ0) is 17.6. The second kappa shape index (κ2) is 8.95. The molecule has 2 fully saturated rings. The van der Waals surface area contributed by atoms with Gasteiger partial charge in [0.15, 0.2) is 0 Å². The fourth-order valence-electron chi connectivity index (χ4n) is 3.70. The van der Waals surface area contributed by atoms with Crippen LogP contribution in [-0.2, 0) is 0 Å². The van der Waals surface area contributed by atoms with E-state index in [1.165, 1.54) is 23.4 Å². The highest BCUT2D eigenvalue weighted by Crippen LogP contribution is 2.30. The number of piperidine rings is 1. The van der Waals surface area contributed by atoms with Gasteiger partial charge in [-0.3, -0.25) is 0 Å². The molecule has 0 spiro atoms. The van der Waals surface area contributed by atoms with Crippen molar-refractivity contribution in [2.45, 2.75) is 43.3 Å². The van der Waals surface area contributed by atoms with Gasteiger partial charge >= 0.3 is 6.03 Å². The van der Waals surface area contributed by atoms with Crippen molar-refractivity contribution >= 4 is 17.8 Å². The number of benzene rings is 1. The second-order valence-electron chi connectivity index (χ2n) is 7.35. The lowest BCUT2D eigenvalue weighted by Crippen LogP contribution is -2.46. The Balaban J connectivity index is 1.36. The van der Waals surface area contributed by atoms with Gasteiger partial charge in [-0.25, -0.2) is 4.79 Å². The molecule has 1 aromatic carbocycles. The number of carbonyl (C=O) groups is 1. The molecule has 138 valence electrons. The Kier molecular flexibility index (Phi) is 6.65. The Morgan fingerprint density at radius 2 is 1.88 bits per heavy atom. The molecule has 1 N–H and O–H groups in total. The molecule has 2 aliphatic rings. The smallest absolute Gasteiger partial charge is 0.317 e. The summed E-state index contributed by atoms with van der Waals surface area (Å²) in [6.07, 6.45) is 3.38. The molecule has 25 heavy (non-hydrogen) atoms. The topological polar surface area (TPSA) is 35.6 Å². The number of nitrogens with zero attached hydrogens (tertiary/aromatic N) is 2. The van der Waals surface area contributed by atoms with Gasteiger partial charge in [0.05, 0.1) is 0 Å². The van der Waals surface area contributed by atoms with E-state index >= 15 is 0 Å². The van der Waals surface area contributed by atoms with Gasteiger partial charge in [-0.05, 0) is 57.3 Å². The molecule has 0 aromatic heterocycles. The highest BCUT2D eigenvalue weighted by Gasteiger charge is 2.25. The number of hydrogen-bond acceptors (Lipinski definition) is 3. The molecule has 0 saturated carbocycles. The van der Waals surface area contributed by atoms with Crippen molar-refractivity contribution in [1.82, 2.24) is 15.1 Å². The van der Waals surface area contributed by atoms with Crippen molar-refractivity contribution in [3.05, 3.63) is 29.8 Å². The molecule has 0 aliphatic carbocycles. The molecule has 0 unspecified atom stereocenters. The number of hydrogen-bond donors (Lipinski definition) is 1. The summed E-state index contributed by atoms with van der Waals surface area (Å²) in [5.41, 5.74) is 1.31. The number of urea groups is 1. The van der Waals surface area contributed by atoms with Gasteiger partial charge in [-0.15, -0.1) is 11.8 Å². The van der Waals surface area contributed by atoms with Gasteiger partial charge in [0.1, 0.15) is 0 Å². The van der Waals surface area contributed by atoms with E-state index < -0.39 is 0 Å². The maximum absolute atomic E-state index is 12.4. The fourth-order valence-corrected chi connectivity index (χ4v) is 4.82. The lowest BCUT2D eigenvalue weighted by Gasteiger charge is -2.32. The van der Waals surface area contributed by atoms with Crippen LogP contribution in [0.1, 0.15) is 31.7 Å². The normalized spacial score (nSPS) is 22.3. The average Bonchev–Trinajstić information content (AvgIpc) is 3.10. The van der Waals surface area contributed by atoms with Crippen LogP contribution < -0.4 is 5.32 Å². The fraction of sp³-hybridized carbons (Fsp3) is 0.650. The Labute approximate surface area is 156 Å². The molecule has 0 radical (unpaired) electrons. The number of carbonyl (C=O) groups excluding carboxylic acids is 1. The van der Waals surface area contributed by atoms with Gasteiger partial charge in [-0.1, -0.05) is 24.6 Å². The van der Waals surface area contributed by atoms with E-state index in [0.717, 1.165) is 45.6 Å². The second-order valence-corrected chi connectivity index (χ2v) is 8.73. The van der Waals surface area contributed by atoms with Crippen molar-refractivity contribution in [2.24, 2.45) is 5.92 Å². The highest BCUT2D eigenvalue weighted by molar-refractivity contribution is 8.00. The lowest BCUT2D eigenvalue weighted by atomic mass is 10.1. The van der Waals surface area contributed by atoms with Gasteiger partial charge in [0, 0.05) is 36.3 Å². The minimum atomic E-state index is 0.133. The molecule has 0 bridgehead atoms. The van der Waals surface area contributed by atoms with Crippen molar-refractivity contribution in [3.8, 4) is 0 Å². The first kappa shape index (κ1) is 18.6. The maximum Gasteiger partial charge on any atom is 0.317 e. The van der Waals surface area contributed by atoms with Crippen LogP contribution in [0.4, 0.5) is 4.79 Å². The van der Waals surface area contributed by atoms with E-state index in [-0.39, 0.29) is 6.03 Å². The van der Waals surface area contributed by atoms with Crippen LogP contribution in [0, 0.1) is 12.8 Å². The molecule has 2 aliphatic heterocycles. The number of aryl methyl sites for hydroxylation is 1. The first-order valence-electron chi connectivity index (χ1n) is 9.62. The standard InChI is InChI=1S/C20H31N3OS/c1-3-22-11-8-17(15-22)14-21-20(24)23-12-9-19(10-13-23)25-18-6-4-16(2)5-7-18/h4-7,17,19H,3,8-15H2,1-2H3,(H,21,24)/t17-/m0/s1. The number of nitrogens with one attached hydrogen (secondary N) is 1. The Hall–Kier alpha value is -1.20. The van der Waals surface area contributed by atoms with Crippen LogP contribution in [0.5, 0.6) is 0 Å². The van der Waals surface area contributed by atoms with Crippen molar-refractivity contribution in [1.29, 1.82) is 0 Å². The Morgan fingerprint density at radius 1 is 1.16 bits per heavy atom. The van der Waals surface area contributed by atoms with Crippen molar-refractivity contribution < 1.29 is 4.79 Å². The number of likely N-dealkylation sites (tertiary alicyclic amines) is 2. The largest absolute Gasteiger partial charge is 0.338 e. The summed E-state index contributed by atoms with van der Waals surface area (Å²) in [6.45, 7) is 10.3. The van der Waals surface area contributed by atoms with E-state index in [2.05, 4.69) is 48.3 Å². The van der Waals surface area contributed by atoms with Gasteiger partial charge in [-0.2, -0.15) is 0 Å². The van der Waals surface area contributed by atoms with E-state index in [9.17, 15) is 4.79 Å². The summed E-state index contributed by atoms with van der Waals surface area (Å²) in [4.78, 5) is 18.2. The highest BCUT2D eigenvalue weighted by atomic mass is 32.2. The molecular weight excluding hydrogens is 330 g/mol. The summed E-state index contributed by atoms with van der Waals surface area (Å²) >= 11 is 1.96. The van der Waals surface area contributed by atoms with Crippen LogP contribution in [0.15, 0.2) is 29.2 Å². The third-order valence-electron chi connectivity index (χ3n) is 5.41. The number of thioether (sulfide) groups is 1. The maximum atomic E-state index is 12.4. The van der Waals surface area contributed by atoms with Crippen LogP contribution in [0.3, 0.4) is 0 Å². The first-order valence-corrected chi connectivity index (χ1v) is 10.5. The summed E-state index contributed by atoms with van der Waals surface area (Å²) in [5, 5.41) is 3.79. The zero-order valence-corrected chi connectivity index (χ0v) is 16.4. The summed E-state index contributed by atoms with van der Waals surface area (Å²) in [6, 6.07) is 8.90. The monoisotopic (exact) mass is 361 g/mol. The number of amides is 2.